The summed E-state index contributed by atoms with van der Waals surface area (Å²) >= 11 is 0. The number of amides is 5. The lowest BCUT2D eigenvalue weighted by atomic mass is 9.81. The molecule has 1 saturated heterocycles. The summed E-state index contributed by atoms with van der Waals surface area (Å²) < 4.78 is 0. The Morgan fingerprint density at radius 3 is 2.50 bits per heavy atom. The maximum absolute atomic E-state index is 13.3. The Balaban J connectivity index is 1.03. The van der Waals surface area contributed by atoms with E-state index in [0.717, 1.165) is 47.9 Å². The second-order valence-electron chi connectivity index (χ2n) is 15.7. The van der Waals surface area contributed by atoms with Gasteiger partial charge in [0.1, 0.15) is 17.3 Å². The van der Waals surface area contributed by atoms with Crippen LogP contribution >= 0.6 is 0 Å². The number of phenols is 1. The van der Waals surface area contributed by atoms with E-state index in [1.54, 1.807) is 35.4 Å². The van der Waals surface area contributed by atoms with Crippen molar-refractivity contribution in [2.45, 2.75) is 103 Å². The van der Waals surface area contributed by atoms with E-state index in [-0.39, 0.29) is 41.2 Å². The molecule has 294 valence electrons. The first-order chi connectivity index (χ1) is 26.9. The molecule has 5 amide bonds. The zero-order chi connectivity index (χ0) is 40.0. The molecule has 3 aromatic carbocycles. The fraction of sp³-hybridized carbons (Fsp3) is 0.409. The third kappa shape index (κ3) is 8.85. The first-order valence-corrected chi connectivity index (χ1v) is 19.7. The van der Waals surface area contributed by atoms with Gasteiger partial charge >= 0.3 is 0 Å². The molecule has 0 aliphatic carbocycles. The van der Waals surface area contributed by atoms with Crippen LogP contribution in [0.2, 0.25) is 0 Å². The number of fused-ring (bicyclic) bond motifs is 2. The number of pyridine rings is 1. The second-order valence-corrected chi connectivity index (χ2v) is 15.7. The summed E-state index contributed by atoms with van der Waals surface area (Å²) in [7, 11) is 0. The van der Waals surface area contributed by atoms with Crippen molar-refractivity contribution in [3.8, 4) is 5.75 Å². The number of anilines is 1. The Bertz CT molecular complexity index is 2140. The molecule has 0 saturated carbocycles. The van der Waals surface area contributed by atoms with Crippen molar-refractivity contribution in [1.82, 2.24) is 25.8 Å². The van der Waals surface area contributed by atoms with Gasteiger partial charge in [-0.25, -0.2) is 0 Å². The number of hydrogen-bond acceptors (Lipinski definition) is 8. The molecule has 2 atom stereocenters. The number of carbonyl (C=O) groups is 5. The minimum absolute atomic E-state index is 0.000318. The largest absolute Gasteiger partial charge is 0.505 e. The topological polar surface area (TPSA) is 170 Å². The first-order valence-electron chi connectivity index (χ1n) is 19.7. The van der Waals surface area contributed by atoms with E-state index >= 15 is 0 Å². The highest BCUT2D eigenvalue weighted by molar-refractivity contribution is 6.06. The van der Waals surface area contributed by atoms with Crippen LogP contribution in [0.25, 0.3) is 10.9 Å². The predicted molar refractivity (Wildman–Crippen MR) is 215 cm³/mol. The molecular formula is C44H52N6O6. The predicted octanol–water partition coefficient (Wildman–Crippen LogP) is 6.41. The molecular weight excluding hydrogens is 709 g/mol. The van der Waals surface area contributed by atoms with Gasteiger partial charge in [0, 0.05) is 72.0 Å². The molecule has 3 heterocycles. The van der Waals surface area contributed by atoms with Crippen LogP contribution in [0.5, 0.6) is 5.75 Å². The van der Waals surface area contributed by atoms with E-state index in [4.69, 9.17) is 0 Å². The van der Waals surface area contributed by atoms with Crippen LogP contribution in [0.4, 0.5) is 5.69 Å². The van der Waals surface area contributed by atoms with E-state index in [9.17, 15) is 29.1 Å². The molecule has 2 aliphatic heterocycles. The minimum atomic E-state index is -0.704. The second kappa shape index (κ2) is 17.3. The maximum Gasteiger partial charge on any atom is 0.255 e. The number of aromatic nitrogens is 1. The molecule has 6 rings (SSSR count). The van der Waals surface area contributed by atoms with Gasteiger partial charge in [0.25, 0.3) is 11.8 Å². The summed E-state index contributed by atoms with van der Waals surface area (Å²) in [5.41, 5.74) is 5.16. The Hall–Kier alpha value is -5.78. The lowest BCUT2D eigenvalue weighted by Crippen LogP contribution is -2.52. The number of aromatic hydroxyl groups is 1. The minimum Gasteiger partial charge on any atom is -0.505 e. The van der Waals surface area contributed by atoms with Crippen molar-refractivity contribution >= 4 is 46.1 Å². The maximum atomic E-state index is 13.3. The highest BCUT2D eigenvalue weighted by Crippen LogP contribution is 2.41. The zero-order valence-electron chi connectivity index (χ0n) is 32.7. The van der Waals surface area contributed by atoms with Crippen LogP contribution in [-0.4, -0.2) is 63.7 Å². The Morgan fingerprint density at radius 2 is 1.75 bits per heavy atom. The van der Waals surface area contributed by atoms with Gasteiger partial charge < -0.3 is 26.0 Å². The van der Waals surface area contributed by atoms with Gasteiger partial charge in [-0.3, -0.25) is 34.3 Å². The van der Waals surface area contributed by atoms with Crippen molar-refractivity contribution in [2.75, 3.05) is 18.4 Å². The molecule has 2 unspecified atom stereocenters. The number of nitrogens with zero attached hydrogens (tertiary/aromatic N) is 2. The molecule has 12 heteroatoms. The number of benzene rings is 3. The lowest BCUT2D eigenvalue weighted by Gasteiger charge is -2.29. The number of rotatable bonds is 15. The van der Waals surface area contributed by atoms with Gasteiger partial charge in [0.15, 0.2) is 0 Å². The average Bonchev–Trinajstić information content (AvgIpc) is 3.51. The molecule has 56 heavy (non-hydrogen) atoms. The molecule has 0 radical (unpaired) electrons. The van der Waals surface area contributed by atoms with Crippen molar-refractivity contribution in [3.05, 3.63) is 100 Å². The van der Waals surface area contributed by atoms with Crippen LogP contribution in [-0.2, 0) is 26.3 Å². The Labute approximate surface area is 327 Å². The van der Waals surface area contributed by atoms with Crippen molar-refractivity contribution in [1.29, 1.82) is 0 Å². The fourth-order valence-electron chi connectivity index (χ4n) is 7.63. The molecule has 1 aromatic heterocycles. The normalized spacial score (nSPS) is 16.0. The van der Waals surface area contributed by atoms with Gasteiger partial charge in [-0.1, -0.05) is 64.8 Å². The number of nitrogens with one attached hydrogen (secondary N) is 4. The Morgan fingerprint density at radius 1 is 0.982 bits per heavy atom. The van der Waals surface area contributed by atoms with Crippen molar-refractivity contribution in [2.24, 2.45) is 0 Å². The first kappa shape index (κ1) is 39.9. The van der Waals surface area contributed by atoms with Gasteiger partial charge in [-0.2, -0.15) is 0 Å². The molecule has 4 aromatic rings. The van der Waals surface area contributed by atoms with E-state index < -0.39 is 18.0 Å². The van der Waals surface area contributed by atoms with Crippen LogP contribution in [0.3, 0.4) is 0 Å². The van der Waals surface area contributed by atoms with Crippen molar-refractivity contribution in [3.63, 3.8) is 0 Å². The summed E-state index contributed by atoms with van der Waals surface area (Å²) in [4.78, 5) is 69.6. The summed E-state index contributed by atoms with van der Waals surface area (Å²) in [6.07, 6.45) is 6.72. The molecule has 0 bridgehead atoms. The van der Waals surface area contributed by atoms with Gasteiger partial charge in [-0.05, 0) is 78.6 Å². The summed E-state index contributed by atoms with van der Waals surface area (Å²) in [5.74, 6) is -1.29. The molecule has 2 aliphatic rings. The SMILES string of the molecule is CCCC(=O)NC(c1cccc(C(=O)NCCCCCCNc2cccc3c2CN(C2CCC(=O)NC2=O)C3=O)c1)c1cc(C(C)(C)C)c2cccnc2c1O. The molecule has 0 spiro atoms. The summed E-state index contributed by atoms with van der Waals surface area (Å²) in [6, 6.07) is 17.1. The molecule has 12 nitrogen and oxygen atoms in total. The van der Waals surface area contributed by atoms with E-state index in [0.29, 0.717) is 66.7 Å². The summed E-state index contributed by atoms with van der Waals surface area (Å²) in [5, 5.41) is 24.4. The average molecular weight is 761 g/mol. The third-order valence-corrected chi connectivity index (χ3v) is 10.6. The van der Waals surface area contributed by atoms with Gasteiger partial charge in [0.05, 0.1) is 6.04 Å². The quantitative estimate of drug-likeness (QED) is 0.0685. The highest BCUT2D eigenvalue weighted by Gasteiger charge is 2.40. The number of imide groups is 1. The smallest absolute Gasteiger partial charge is 0.255 e. The summed E-state index contributed by atoms with van der Waals surface area (Å²) in [6.45, 7) is 9.77. The van der Waals surface area contributed by atoms with E-state index in [2.05, 4.69) is 47.0 Å². The van der Waals surface area contributed by atoms with Crippen LogP contribution < -0.4 is 21.3 Å². The number of carbonyl (C=O) groups excluding carboxylic acids is 5. The standard InChI is InChI=1S/C44H52N6O6/c1-5-13-36(51)48-38(31-25-33(44(2,3)4)30-17-12-23-46-39(30)40(31)53)27-14-10-15-28(24-27)41(54)47-22-9-7-6-8-21-45-34-18-11-16-29-32(34)26-50(43(29)56)35-19-20-37(52)49-42(35)55/h10-12,14-18,23-25,35,38,45,53H,5-9,13,19-22,26H2,1-4H3,(H,47,54)(H,48,51)(H,49,52,55). The van der Waals surface area contributed by atoms with Gasteiger partial charge in [-0.15, -0.1) is 0 Å². The molecule has 1 fully saturated rings. The van der Waals surface area contributed by atoms with Crippen LogP contribution in [0.1, 0.15) is 128 Å². The van der Waals surface area contributed by atoms with Crippen LogP contribution in [0, 0.1) is 0 Å². The number of phenolic OH excluding ortho intramolecular Hbond substituents is 1. The monoisotopic (exact) mass is 760 g/mol. The fourth-order valence-corrected chi connectivity index (χ4v) is 7.63. The highest BCUT2D eigenvalue weighted by atomic mass is 16.3. The Kier molecular flexibility index (Phi) is 12.4. The van der Waals surface area contributed by atoms with E-state index in [1.807, 2.05) is 43.3 Å². The number of hydrogen-bond donors (Lipinski definition) is 5. The zero-order valence-corrected chi connectivity index (χ0v) is 32.7. The van der Waals surface area contributed by atoms with Gasteiger partial charge in [0.2, 0.25) is 17.7 Å². The van der Waals surface area contributed by atoms with E-state index in [1.165, 1.54) is 0 Å². The van der Waals surface area contributed by atoms with Crippen molar-refractivity contribution < 1.29 is 29.1 Å². The molecule has 5 N–H and O–H groups in total. The number of unbranched alkanes of at least 4 members (excludes halogenated alkanes) is 3. The number of piperidine rings is 1. The van der Waals surface area contributed by atoms with Crippen LogP contribution in [0.15, 0.2) is 66.9 Å². The lowest BCUT2D eigenvalue weighted by molar-refractivity contribution is -0.137. The third-order valence-electron chi connectivity index (χ3n) is 10.6.